The standard InChI is InChI=1S/C18H26N4O2/c1-18(12-23)9-4-8-16(18)21-17(24)19-10-5-11-22-13-20-14-6-2-3-7-15(14)22/h2-3,6-7,13,16,23H,4-5,8-12H2,1H3,(H2,19,21,24). The molecule has 2 amide bonds. The van der Waals surface area contributed by atoms with Crippen LogP contribution in [0.25, 0.3) is 11.0 Å². The van der Waals surface area contributed by atoms with E-state index in [4.69, 9.17) is 0 Å². The maximum atomic E-state index is 12.1. The number of amides is 2. The molecule has 0 saturated heterocycles. The number of rotatable bonds is 6. The first-order valence-electron chi connectivity index (χ1n) is 8.67. The molecular formula is C18H26N4O2. The van der Waals surface area contributed by atoms with Gasteiger partial charge in [0.05, 0.1) is 24.0 Å². The van der Waals surface area contributed by atoms with E-state index in [2.05, 4.69) is 26.3 Å². The number of imidazole rings is 1. The van der Waals surface area contributed by atoms with Crippen molar-refractivity contribution in [1.82, 2.24) is 20.2 Å². The van der Waals surface area contributed by atoms with E-state index in [9.17, 15) is 9.90 Å². The molecule has 0 radical (unpaired) electrons. The average Bonchev–Trinajstić information content (AvgIpc) is 3.16. The summed E-state index contributed by atoms with van der Waals surface area (Å²) >= 11 is 0. The van der Waals surface area contributed by atoms with Crippen LogP contribution in [-0.2, 0) is 6.54 Å². The Balaban J connectivity index is 1.42. The van der Waals surface area contributed by atoms with E-state index in [0.29, 0.717) is 6.54 Å². The number of para-hydroxylation sites is 2. The second kappa shape index (κ2) is 7.21. The van der Waals surface area contributed by atoms with Gasteiger partial charge < -0.3 is 20.3 Å². The summed E-state index contributed by atoms with van der Waals surface area (Å²) in [6.45, 7) is 3.58. The monoisotopic (exact) mass is 330 g/mol. The summed E-state index contributed by atoms with van der Waals surface area (Å²) in [5.41, 5.74) is 1.92. The molecule has 130 valence electrons. The van der Waals surface area contributed by atoms with E-state index >= 15 is 0 Å². The summed E-state index contributed by atoms with van der Waals surface area (Å²) in [6, 6.07) is 7.95. The van der Waals surface area contributed by atoms with Gasteiger partial charge in [-0.2, -0.15) is 0 Å². The number of carbonyl (C=O) groups is 1. The van der Waals surface area contributed by atoms with Crippen LogP contribution in [0.2, 0.25) is 0 Å². The highest BCUT2D eigenvalue weighted by Gasteiger charge is 2.38. The maximum Gasteiger partial charge on any atom is 0.315 e. The van der Waals surface area contributed by atoms with Gasteiger partial charge in [-0.1, -0.05) is 25.5 Å². The molecule has 3 rings (SSSR count). The Kier molecular flexibility index (Phi) is 5.04. The van der Waals surface area contributed by atoms with Crippen LogP contribution >= 0.6 is 0 Å². The Labute approximate surface area is 142 Å². The minimum Gasteiger partial charge on any atom is -0.396 e. The molecule has 0 bridgehead atoms. The van der Waals surface area contributed by atoms with Crippen molar-refractivity contribution in [2.75, 3.05) is 13.2 Å². The van der Waals surface area contributed by atoms with E-state index in [0.717, 1.165) is 43.3 Å². The predicted molar refractivity (Wildman–Crippen MR) is 93.7 cm³/mol. The molecule has 6 heteroatoms. The number of carbonyl (C=O) groups excluding carboxylic acids is 1. The number of nitrogens with one attached hydrogen (secondary N) is 2. The molecule has 1 aliphatic carbocycles. The summed E-state index contributed by atoms with van der Waals surface area (Å²) in [5.74, 6) is 0. The van der Waals surface area contributed by atoms with Crippen molar-refractivity contribution in [3.63, 3.8) is 0 Å². The number of benzene rings is 1. The summed E-state index contributed by atoms with van der Waals surface area (Å²) in [4.78, 5) is 16.4. The van der Waals surface area contributed by atoms with Gasteiger partial charge in [-0.15, -0.1) is 0 Å². The number of hydrogen-bond acceptors (Lipinski definition) is 3. The SMILES string of the molecule is CC1(CO)CCCC1NC(=O)NCCCn1cnc2ccccc21. The Morgan fingerprint density at radius 3 is 3.12 bits per heavy atom. The molecule has 0 aliphatic heterocycles. The molecule has 0 spiro atoms. The largest absolute Gasteiger partial charge is 0.396 e. The third-order valence-electron chi connectivity index (χ3n) is 5.14. The first-order valence-corrected chi connectivity index (χ1v) is 8.67. The van der Waals surface area contributed by atoms with Gasteiger partial charge in [0.15, 0.2) is 0 Å². The number of aromatic nitrogens is 2. The van der Waals surface area contributed by atoms with E-state index in [1.165, 1.54) is 0 Å². The van der Waals surface area contributed by atoms with Crippen LogP contribution in [0, 0.1) is 5.41 Å². The highest BCUT2D eigenvalue weighted by molar-refractivity contribution is 5.75. The molecular weight excluding hydrogens is 304 g/mol. The number of nitrogens with zero attached hydrogens (tertiary/aromatic N) is 2. The molecule has 2 aromatic rings. The summed E-state index contributed by atoms with van der Waals surface area (Å²) in [5, 5.41) is 15.5. The fraction of sp³-hybridized carbons (Fsp3) is 0.556. The highest BCUT2D eigenvalue weighted by atomic mass is 16.3. The number of urea groups is 1. The summed E-state index contributed by atoms with van der Waals surface area (Å²) in [6.07, 6.45) is 5.63. The molecule has 2 atom stereocenters. The second-order valence-corrected chi connectivity index (χ2v) is 6.94. The molecule has 1 fully saturated rings. The van der Waals surface area contributed by atoms with Crippen LogP contribution in [-0.4, -0.2) is 39.9 Å². The van der Waals surface area contributed by atoms with Crippen LogP contribution in [0.4, 0.5) is 4.79 Å². The Bertz CT molecular complexity index is 699. The van der Waals surface area contributed by atoms with E-state index in [-0.39, 0.29) is 24.1 Å². The van der Waals surface area contributed by atoms with Crippen LogP contribution in [0.3, 0.4) is 0 Å². The lowest BCUT2D eigenvalue weighted by Crippen LogP contribution is -2.48. The Hall–Kier alpha value is -2.08. The minimum absolute atomic E-state index is 0.0556. The van der Waals surface area contributed by atoms with Crippen molar-refractivity contribution in [3.05, 3.63) is 30.6 Å². The molecule has 6 nitrogen and oxygen atoms in total. The van der Waals surface area contributed by atoms with Gasteiger partial charge in [-0.05, 0) is 31.4 Å². The average molecular weight is 330 g/mol. The zero-order valence-electron chi connectivity index (χ0n) is 14.2. The molecule has 3 N–H and O–H groups in total. The molecule has 1 aliphatic rings. The smallest absolute Gasteiger partial charge is 0.315 e. The lowest BCUT2D eigenvalue weighted by molar-refractivity contribution is 0.121. The quantitative estimate of drug-likeness (QED) is 0.711. The van der Waals surface area contributed by atoms with Crippen LogP contribution in [0.15, 0.2) is 30.6 Å². The zero-order chi connectivity index (χ0) is 17.0. The normalized spacial score (nSPS) is 23.5. The highest BCUT2D eigenvalue weighted by Crippen LogP contribution is 2.37. The predicted octanol–water partition coefficient (Wildman–Crippen LogP) is 2.28. The lowest BCUT2D eigenvalue weighted by atomic mass is 9.86. The fourth-order valence-electron chi connectivity index (χ4n) is 3.52. The molecule has 2 unspecified atom stereocenters. The van der Waals surface area contributed by atoms with Crippen molar-refractivity contribution < 1.29 is 9.90 Å². The summed E-state index contributed by atoms with van der Waals surface area (Å²) in [7, 11) is 0. The van der Waals surface area contributed by atoms with Crippen molar-refractivity contribution in [3.8, 4) is 0 Å². The number of aryl methyl sites for hydroxylation is 1. The number of aliphatic hydroxyl groups is 1. The van der Waals surface area contributed by atoms with E-state index in [1.54, 1.807) is 0 Å². The van der Waals surface area contributed by atoms with Crippen molar-refractivity contribution in [1.29, 1.82) is 0 Å². The molecule has 1 heterocycles. The van der Waals surface area contributed by atoms with Gasteiger partial charge in [-0.25, -0.2) is 9.78 Å². The fourth-order valence-corrected chi connectivity index (χ4v) is 3.52. The number of fused-ring (bicyclic) bond motifs is 1. The molecule has 24 heavy (non-hydrogen) atoms. The molecule has 1 aromatic carbocycles. The second-order valence-electron chi connectivity index (χ2n) is 6.94. The zero-order valence-corrected chi connectivity index (χ0v) is 14.2. The van der Waals surface area contributed by atoms with E-state index < -0.39 is 0 Å². The lowest BCUT2D eigenvalue weighted by Gasteiger charge is -2.30. The van der Waals surface area contributed by atoms with Crippen LogP contribution < -0.4 is 10.6 Å². The van der Waals surface area contributed by atoms with Crippen LogP contribution in [0.5, 0.6) is 0 Å². The van der Waals surface area contributed by atoms with Crippen LogP contribution in [0.1, 0.15) is 32.6 Å². The van der Waals surface area contributed by atoms with Crippen molar-refractivity contribution in [2.24, 2.45) is 5.41 Å². The van der Waals surface area contributed by atoms with Gasteiger partial charge >= 0.3 is 6.03 Å². The minimum atomic E-state index is -0.187. The van der Waals surface area contributed by atoms with Gasteiger partial charge in [0.25, 0.3) is 0 Å². The third-order valence-corrected chi connectivity index (χ3v) is 5.14. The van der Waals surface area contributed by atoms with Gasteiger partial charge in [0.2, 0.25) is 0 Å². The van der Waals surface area contributed by atoms with Gasteiger partial charge in [0.1, 0.15) is 0 Å². The van der Waals surface area contributed by atoms with E-state index in [1.807, 2.05) is 31.5 Å². The first-order chi connectivity index (χ1) is 11.6. The Morgan fingerprint density at radius 2 is 2.29 bits per heavy atom. The third kappa shape index (κ3) is 3.53. The van der Waals surface area contributed by atoms with Gasteiger partial charge in [-0.3, -0.25) is 0 Å². The molecule has 1 saturated carbocycles. The number of aliphatic hydroxyl groups excluding tert-OH is 1. The van der Waals surface area contributed by atoms with Gasteiger partial charge in [0, 0.05) is 24.5 Å². The van der Waals surface area contributed by atoms with Crippen molar-refractivity contribution >= 4 is 17.1 Å². The number of hydrogen-bond donors (Lipinski definition) is 3. The topological polar surface area (TPSA) is 79.2 Å². The Morgan fingerprint density at radius 1 is 1.46 bits per heavy atom. The summed E-state index contributed by atoms with van der Waals surface area (Å²) < 4.78 is 2.11. The first kappa shape index (κ1) is 16.8. The van der Waals surface area contributed by atoms with Crippen molar-refractivity contribution in [2.45, 2.75) is 45.2 Å². The molecule has 1 aromatic heterocycles. The maximum absolute atomic E-state index is 12.1.